The second kappa shape index (κ2) is 10.9. The summed E-state index contributed by atoms with van der Waals surface area (Å²) in [6, 6.07) is 0. The molecule has 4 rings (SSSR count). The Kier molecular flexibility index (Phi) is 8.46. The second-order valence-electron chi connectivity index (χ2n) is 12.2. The minimum Gasteiger partial charge on any atom is -0.393 e. The molecule has 6 atom stereocenters. The molecule has 0 aromatic rings. The monoisotopic (exact) mass is 432 g/mol. The van der Waals surface area contributed by atoms with Crippen LogP contribution in [0.5, 0.6) is 0 Å². The van der Waals surface area contributed by atoms with E-state index in [9.17, 15) is 10.2 Å². The van der Waals surface area contributed by atoms with Crippen molar-refractivity contribution in [3.63, 3.8) is 0 Å². The highest BCUT2D eigenvalue weighted by molar-refractivity contribution is 5.01. The Morgan fingerprint density at radius 3 is 1.23 bits per heavy atom. The van der Waals surface area contributed by atoms with Gasteiger partial charge in [0.05, 0.1) is 12.2 Å². The van der Waals surface area contributed by atoms with Gasteiger partial charge in [0.2, 0.25) is 0 Å². The standard InChI is InChI=1S/C29H52O2/c1-3-29(4-2,25-17-15-23(19-27(25)30)21-11-7-5-8-12-21)26-18-16-24(20-28(26)31)22-13-9-6-10-14-22/h21-28,30-31H,3-20H2,1-2H3. The topological polar surface area (TPSA) is 40.5 Å². The summed E-state index contributed by atoms with van der Waals surface area (Å²) >= 11 is 0. The van der Waals surface area contributed by atoms with E-state index in [4.69, 9.17) is 0 Å². The van der Waals surface area contributed by atoms with Crippen LogP contribution >= 0.6 is 0 Å². The summed E-state index contributed by atoms with van der Waals surface area (Å²) in [6.07, 6.45) is 23.1. The van der Waals surface area contributed by atoms with Gasteiger partial charge in [-0.15, -0.1) is 0 Å². The molecule has 4 saturated carbocycles. The van der Waals surface area contributed by atoms with E-state index in [1.807, 2.05) is 0 Å². The molecule has 4 fully saturated rings. The Balaban J connectivity index is 1.42. The lowest BCUT2D eigenvalue weighted by Gasteiger charge is -2.54. The highest BCUT2D eigenvalue weighted by Gasteiger charge is 2.51. The van der Waals surface area contributed by atoms with Gasteiger partial charge in [-0.05, 0) is 92.3 Å². The van der Waals surface area contributed by atoms with E-state index in [0.717, 1.165) is 49.4 Å². The van der Waals surface area contributed by atoms with Crippen molar-refractivity contribution in [1.29, 1.82) is 0 Å². The largest absolute Gasteiger partial charge is 0.393 e. The molecule has 4 aliphatic rings. The number of hydrogen-bond acceptors (Lipinski definition) is 2. The first-order chi connectivity index (χ1) is 15.1. The minimum atomic E-state index is -0.149. The zero-order valence-corrected chi connectivity index (χ0v) is 20.7. The highest BCUT2D eigenvalue weighted by atomic mass is 16.3. The molecule has 0 radical (unpaired) electrons. The maximum absolute atomic E-state index is 11.5. The van der Waals surface area contributed by atoms with Crippen LogP contribution in [0.3, 0.4) is 0 Å². The number of aliphatic hydroxyl groups excluding tert-OH is 2. The molecular formula is C29H52O2. The molecule has 6 unspecified atom stereocenters. The van der Waals surface area contributed by atoms with Crippen LogP contribution in [0.1, 0.15) is 129 Å². The summed E-state index contributed by atoms with van der Waals surface area (Å²) in [5, 5.41) is 22.9. The van der Waals surface area contributed by atoms with E-state index >= 15 is 0 Å². The summed E-state index contributed by atoms with van der Waals surface area (Å²) in [4.78, 5) is 0. The van der Waals surface area contributed by atoms with Crippen molar-refractivity contribution < 1.29 is 10.2 Å². The van der Waals surface area contributed by atoms with E-state index in [1.54, 1.807) is 0 Å². The van der Waals surface area contributed by atoms with E-state index in [2.05, 4.69) is 13.8 Å². The first-order valence-corrected chi connectivity index (χ1v) is 14.4. The van der Waals surface area contributed by atoms with Gasteiger partial charge in [0.15, 0.2) is 0 Å². The third-order valence-corrected chi connectivity index (χ3v) is 11.1. The molecule has 31 heavy (non-hydrogen) atoms. The summed E-state index contributed by atoms with van der Waals surface area (Å²) in [5.41, 5.74) is 0.133. The van der Waals surface area contributed by atoms with Gasteiger partial charge in [-0.2, -0.15) is 0 Å². The molecule has 0 saturated heterocycles. The van der Waals surface area contributed by atoms with Crippen molar-refractivity contribution in [3.8, 4) is 0 Å². The average molecular weight is 433 g/mol. The third-order valence-electron chi connectivity index (χ3n) is 11.1. The smallest absolute Gasteiger partial charge is 0.0576 e. The van der Waals surface area contributed by atoms with Crippen molar-refractivity contribution in [2.24, 2.45) is 40.9 Å². The zero-order chi connectivity index (χ0) is 21.8. The van der Waals surface area contributed by atoms with Crippen LogP contribution < -0.4 is 0 Å². The molecule has 180 valence electrons. The van der Waals surface area contributed by atoms with Gasteiger partial charge in [-0.1, -0.05) is 78.1 Å². The second-order valence-corrected chi connectivity index (χ2v) is 12.2. The molecule has 2 heteroatoms. The molecule has 0 aromatic carbocycles. The van der Waals surface area contributed by atoms with Crippen LogP contribution in [-0.4, -0.2) is 22.4 Å². The van der Waals surface area contributed by atoms with E-state index in [1.165, 1.54) is 89.9 Å². The molecule has 2 N–H and O–H groups in total. The fourth-order valence-corrected chi connectivity index (χ4v) is 9.34. The van der Waals surface area contributed by atoms with Gasteiger partial charge >= 0.3 is 0 Å². The van der Waals surface area contributed by atoms with Gasteiger partial charge < -0.3 is 10.2 Å². The highest BCUT2D eigenvalue weighted by Crippen LogP contribution is 2.56. The maximum atomic E-state index is 11.5. The van der Waals surface area contributed by atoms with Crippen LogP contribution in [0.15, 0.2) is 0 Å². The first-order valence-electron chi connectivity index (χ1n) is 14.4. The molecule has 0 heterocycles. The molecular weight excluding hydrogens is 380 g/mol. The Labute approximate surface area is 193 Å². The number of hydrogen-bond donors (Lipinski definition) is 2. The van der Waals surface area contributed by atoms with E-state index in [-0.39, 0.29) is 17.6 Å². The summed E-state index contributed by atoms with van der Waals surface area (Å²) in [6.45, 7) is 4.70. The Hall–Kier alpha value is -0.0800. The summed E-state index contributed by atoms with van der Waals surface area (Å²) in [7, 11) is 0. The molecule has 0 aliphatic heterocycles. The Bertz CT molecular complexity index is 485. The molecule has 0 bridgehead atoms. The van der Waals surface area contributed by atoms with Gasteiger partial charge in [0.25, 0.3) is 0 Å². The van der Waals surface area contributed by atoms with Gasteiger partial charge in [-0.25, -0.2) is 0 Å². The lowest BCUT2D eigenvalue weighted by molar-refractivity contribution is -0.119. The van der Waals surface area contributed by atoms with Crippen LogP contribution in [0.2, 0.25) is 0 Å². The predicted octanol–water partition coefficient (Wildman–Crippen LogP) is 7.51. The lowest BCUT2D eigenvalue weighted by atomic mass is 9.52. The number of aliphatic hydroxyl groups is 2. The van der Waals surface area contributed by atoms with Crippen LogP contribution in [-0.2, 0) is 0 Å². The molecule has 0 aromatic heterocycles. The average Bonchev–Trinajstić information content (AvgIpc) is 2.82. The zero-order valence-electron chi connectivity index (χ0n) is 20.7. The van der Waals surface area contributed by atoms with Crippen molar-refractivity contribution in [2.75, 3.05) is 0 Å². The molecule has 2 nitrogen and oxygen atoms in total. The van der Waals surface area contributed by atoms with Crippen molar-refractivity contribution >= 4 is 0 Å². The molecule has 0 amide bonds. The quantitative estimate of drug-likeness (QED) is 0.456. The summed E-state index contributed by atoms with van der Waals surface area (Å²) < 4.78 is 0. The van der Waals surface area contributed by atoms with Crippen molar-refractivity contribution in [2.45, 2.75) is 142 Å². The van der Waals surface area contributed by atoms with Crippen molar-refractivity contribution in [3.05, 3.63) is 0 Å². The van der Waals surface area contributed by atoms with Gasteiger partial charge in [0.1, 0.15) is 0 Å². The minimum absolute atomic E-state index is 0.133. The third kappa shape index (κ3) is 5.06. The van der Waals surface area contributed by atoms with Crippen LogP contribution in [0.4, 0.5) is 0 Å². The lowest BCUT2D eigenvalue weighted by Crippen LogP contribution is -2.51. The Morgan fingerprint density at radius 2 is 0.903 bits per heavy atom. The maximum Gasteiger partial charge on any atom is 0.0576 e. The molecule has 0 spiro atoms. The predicted molar refractivity (Wildman–Crippen MR) is 130 cm³/mol. The van der Waals surface area contributed by atoms with E-state index < -0.39 is 0 Å². The normalized spacial score (nSPS) is 39.5. The Morgan fingerprint density at radius 1 is 0.516 bits per heavy atom. The van der Waals surface area contributed by atoms with E-state index in [0.29, 0.717) is 11.8 Å². The van der Waals surface area contributed by atoms with Crippen LogP contribution in [0, 0.1) is 40.9 Å². The fraction of sp³-hybridized carbons (Fsp3) is 1.00. The van der Waals surface area contributed by atoms with Gasteiger partial charge in [-0.3, -0.25) is 0 Å². The first kappa shape index (κ1) is 24.1. The SMILES string of the molecule is CCC(CC)(C1CCC(C2CCCCC2)CC1O)C1CCC(C2CCCCC2)CC1O. The number of rotatable bonds is 6. The van der Waals surface area contributed by atoms with Crippen molar-refractivity contribution in [1.82, 2.24) is 0 Å². The molecule has 4 aliphatic carbocycles. The van der Waals surface area contributed by atoms with Gasteiger partial charge in [0, 0.05) is 0 Å². The fourth-order valence-electron chi connectivity index (χ4n) is 9.34. The summed E-state index contributed by atoms with van der Waals surface area (Å²) in [5.74, 6) is 4.05. The van der Waals surface area contributed by atoms with Crippen LogP contribution in [0.25, 0.3) is 0 Å².